The van der Waals surface area contributed by atoms with Gasteiger partial charge in [-0.15, -0.1) is 0 Å². The molecule has 124 valence electrons. The Morgan fingerprint density at radius 3 is 2.45 bits per heavy atom. The van der Waals surface area contributed by atoms with Crippen molar-refractivity contribution < 1.29 is 19.4 Å². The minimum atomic E-state index is -1.11. The van der Waals surface area contributed by atoms with E-state index in [4.69, 9.17) is 4.74 Å². The largest absolute Gasteiger partial charge is 0.479 e. The van der Waals surface area contributed by atoms with Crippen molar-refractivity contribution in [1.29, 1.82) is 0 Å². The van der Waals surface area contributed by atoms with Gasteiger partial charge in [-0.1, -0.05) is 0 Å². The summed E-state index contributed by atoms with van der Waals surface area (Å²) in [5.74, 6) is -0.875. The van der Waals surface area contributed by atoms with Gasteiger partial charge in [0.15, 0.2) is 5.54 Å². The number of aliphatic carboxylic acids is 1. The van der Waals surface area contributed by atoms with Crippen molar-refractivity contribution >= 4 is 12.1 Å². The maximum absolute atomic E-state index is 12.7. The molecule has 0 spiro atoms. The van der Waals surface area contributed by atoms with Crippen LogP contribution in [0.4, 0.5) is 4.79 Å². The molecule has 0 radical (unpaired) electrons. The Labute approximate surface area is 131 Å². The monoisotopic (exact) mass is 310 g/mol. The summed E-state index contributed by atoms with van der Waals surface area (Å²) in [6, 6.07) is -0.0513. The fourth-order valence-electron chi connectivity index (χ4n) is 4.03. The molecule has 0 aromatic rings. The fraction of sp³-hybridized carbons (Fsp3) is 0.875. The molecule has 3 fully saturated rings. The van der Waals surface area contributed by atoms with Crippen LogP contribution in [-0.2, 0) is 9.53 Å². The van der Waals surface area contributed by atoms with Gasteiger partial charge in [-0.05, 0) is 59.4 Å². The first kappa shape index (κ1) is 15.6. The average molecular weight is 310 g/mol. The lowest BCUT2D eigenvalue weighted by Gasteiger charge is -2.42. The van der Waals surface area contributed by atoms with Crippen molar-refractivity contribution in [3.05, 3.63) is 0 Å². The van der Waals surface area contributed by atoms with Crippen LogP contribution >= 0.6 is 0 Å². The zero-order chi connectivity index (χ0) is 16.1. The Hall–Kier alpha value is -1.30. The number of amides is 1. The summed E-state index contributed by atoms with van der Waals surface area (Å²) in [6.07, 6.45) is 3.64. The summed E-state index contributed by atoms with van der Waals surface area (Å²) in [5, 5.41) is 10.0. The quantitative estimate of drug-likeness (QED) is 0.864. The molecule has 1 N–H and O–H groups in total. The summed E-state index contributed by atoms with van der Waals surface area (Å²) in [4.78, 5) is 28.8. The molecule has 2 atom stereocenters. The molecule has 0 aromatic carbocycles. The maximum Gasteiger partial charge on any atom is 0.411 e. The van der Waals surface area contributed by atoms with Crippen molar-refractivity contribution in [2.45, 2.75) is 76.1 Å². The van der Waals surface area contributed by atoms with Crippen molar-refractivity contribution in [2.24, 2.45) is 0 Å². The van der Waals surface area contributed by atoms with E-state index in [1.54, 1.807) is 4.90 Å². The molecular formula is C16H26N2O4. The van der Waals surface area contributed by atoms with E-state index in [1.165, 1.54) is 0 Å². The first-order valence-electron chi connectivity index (χ1n) is 8.25. The van der Waals surface area contributed by atoms with E-state index in [2.05, 4.69) is 4.90 Å². The predicted octanol–water partition coefficient (Wildman–Crippen LogP) is 2.08. The summed E-state index contributed by atoms with van der Waals surface area (Å²) in [5.41, 5.74) is -1.72. The standard InChI is InChI=1S/C16H26N2O4/c1-15(2,3)22-14(21)18(11-6-7-11)16(13(19)20)8-10-17-9-4-5-12(16)17/h11-12H,4-10H2,1-3H3,(H,19,20). The van der Waals surface area contributed by atoms with Crippen molar-refractivity contribution in [1.82, 2.24) is 9.80 Å². The minimum Gasteiger partial charge on any atom is -0.479 e. The molecule has 1 saturated carbocycles. The topological polar surface area (TPSA) is 70.1 Å². The highest BCUT2D eigenvalue weighted by Gasteiger charge is 2.62. The molecule has 0 aromatic heterocycles. The Bertz CT molecular complexity index is 483. The van der Waals surface area contributed by atoms with E-state index in [0.717, 1.165) is 38.8 Å². The predicted molar refractivity (Wildman–Crippen MR) is 80.7 cm³/mol. The Morgan fingerprint density at radius 1 is 1.23 bits per heavy atom. The molecule has 2 saturated heterocycles. The highest BCUT2D eigenvalue weighted by molar-refractivity contribution is 5.86. The van der Waals surface area contributed by atoms with Gasteiger partial charge >= 0.3 is 12.1 Å². The lowest BCUT2D eigenvalue weighted by Crippen LogP contribution is -2.64. The molecule has 2 heterocycles. The maximum atomic E-state index is 12.7. The van der Waals surface area contributed by atoms with E-state index in [0.29, 0.717) is 6.42 Å². The molecule has 2 unspecified atom stereocenters. The van der Waals surface area contributed by atoms with Crippen LogP contribution in [0.2, 0.25) is 0 Å². The Kier molecular flexibility index (Phi) is 3.62. The van der Waals surface area contributed by atoms with E-state index >= 15 is 0 Å². The third-order valence-electron chi connectivity index (χ3n) is 5.00. The SMILES string of the molecule is CC(C)(C)OC(=O)N(C1CC1)C1(C(=O)O)CCN2CCCC21. The summed E-state index contributed by atoms with van der Waals surface area (Å²) in [6.45, 7) is 7.15. The van der Waals surface area contributed by atoms with Gasteiger partial charge in [0, 0.05) is 18.6 Å². The normalized spacial score (nSPS) is 31.9. The smallest absolute Gasteiger partial charge is 0.411 e. The summed E-state index contributed by atoms with van der Waals surface area (Å²) in [7, 11) is 0. The lowest BCUT2D eigenvalue weighted by atomic mass is 9.86. The number of hydrogen-bond donors (Lipinski definition) is 1. The van der Waals surface area contributed by atoms with Crippen LogP contribution in [0.1, 0.15) is 52.9 Å². The van der Waals surface area contributed by atoms with E-state index in [9.17, 15) is 14.7 Å². The summed E-state index contributed by atoms with van der Waals surface area (Å²) < 4.78 is 5.54. The number of rotatable bonds is 3. The van der Waals surface area contributed by atoms with Crippen LogP contribution in [0.25, 0.3) is 0 Å². The number of nitrogens with zero attached hydrogens (tertiary/aromatic N) is 2. The van der Waals surface area contributed by atoms with Gasteiger partial charge < -0.3 is 9.84 Å². The Morgan fingerprint density at radius 2 is 1.91 bits per heavy atom. The first-order valence-corrected chi connectivity index (χ1v) is 8.25. The van der Waals surface area contributed by atoms with Gasteiger partial charge in [-0.2, -0.15) is 0 Å². The second kappa shape index (κ2) is 5.11. The average Bonchev–Trinajstić information content (AvgIpc) is 2.96. The highest BCUT2D eigenvalue weighted by atomic mass is 16.6. The van der Waals surface area contributed by atoms with Gasteiger partial charge in [0.1, 0.15) is 5.60 Å². The molecule has 22 heavy (non-hydrogen) atoms. The number of fused-ring (bicyclic) bond motifs is 1. The Balaban J connectivity index is 1.94. The molecule has 6 nitrogen and oxygen atoms in total. The van der Waals surface area contributed by atoms with Crippen LogP contribution in [0.5, 0.6) is 0 Å². The zero-order valence-corrected chi connectivity index (χ0v) is 13.7. The molecule has 6 heteroatoms. The van der Waals surface area contributed by atoms with Crippen molar-refractivity contribution in [3.63, 3.8) is 0 Å². The number of ether oxygens (including phenoxy) is 1. The second-order valence-corrected chi connectivity index (χ2v) is 7.75. The van der Waals surface area contributed by atoms with Gasteiger partial charge in [-0.3, -0.25) is 9.80 Å². The van der Waals surface area contributed by atoms with Crippen LogP contribution in [0.15, 0.2) is 0 Å². The number of carboxylic acid groups (broad SMARTS) is 1. The van der Waals surface area contributed by atoms with Gasteiger partial charge in [-0.25, -0.2) is 9.59 Å². The van der Waals surface area contributed by atoms with Gasteiger partial charge in [0.25, 0.3) is 0 Å². The molecule has 1 amide bonds. The molecular weight excluding hydrogens is 284 g/mol. The molecule has 2 aliphatic heterocycles. The van der Waals surface area contributed by atoms with Crippen LogP contribution in [0.3, 0.4) is 0 Å². The fourth-order valence-corrected chi connectivity index (χ4v) is 4.03. The van der Waals surface area contributed by atoms with Crippen LogP contribution in [-0.4, -0.2) is 63.3 Å². The van der Waals surface area contributed by atoms with E-state index in [1.807, 2.05) is 20.8 Å². The molecule has 3 rings (SSSR count). The summed E-state index contributed by atoms with van der Waals surface area (Å²) >= 11 is 0. The van der Waals surface area contributed by atoms with Crippen LogP contribution in [0, 0.1) is 0 Å². The van der Waals surface area contributed by atoms with Crippen molar-refractivity contribution in [3.8, 4) is 0 Å². The lowest BCUT2D eigenvalue weighted by molar-refractivity contribution is -0.153. The van der Waals surface area contributed by atoms with Crippen molar-refractivity contribution in [2.75, 3.05) is 13.1 Å². The highest BCUT2D eigenvalue weighted by Crippen LogP contribution is 2.45. The van der Waals surface area contributed by atoms with E-state index < -0.39 is 23.2 Å². The van der Waals surface area contributed by atoms with Crippen LogP contribution < -0.4 is 0 Å². The second-order valence-electron chi connectivity index (χ2n) is 7.75. The number of hydrogen-bond acceptors (Lipinski definition) is 4. The number of carbonyl (C=O) groups is 2. The number of carbonyl (C=O) groups excluding carboxylic acids is 1. The molecule has 3 aliphatic rings. The zero-order valence-electron chi connectivity index (χ0n) is 13.7. The minimum absolute atomic E-state index is 0.0199. The third-order valence-corrected chi connectivity index (χ3v) is 5.00. The van der Waals surface area contributed by atoms with E-state index in [-0.39, 0.29) is 12.1 Å². The van der Waals surface area contributed by atoms with Gasteiger partial charge in [0.05, 0.1) is 0 Å². The number of carboxylic acids is 1. The molecule has 0 bridgehead atoms. The third kappa shape index (κ3) is 2.47. The van der Waals surface area contributed by atoms with Gasteiger partial charge in [0.2, 0.25) is 0 Å². The molecule has 1 aliphatic carbocycles. The first-order chi connectivity index (χ1) is 10.3.